The van der Waals surface area contributed by atoms with Crippen LogP contribution in [-0.2, 0) is 4.79 Å². The molecule has 2 atom stereocenters. The summed E-state index contributed by atoms with van der Waals surface area (Å²) in [5.41, 5.74) is 0. The van der Waals surface area contributed by atoms with Crippen molar-refractivity contribution in [1.29, 1.82) is 0 Å². The summed E-state index contributed by atoms with van der Waals surface area (Å²) in [6.07, 6.45) is 0.607. The third-order valence-corrected chi connectivity index (χ3v) is 2.33. The predicted octanol–water partition coefficient (Wildman–Crippen LogP) is -0.369. The molecule has 4 nitrogen and oxygen atoms in total. The molecule has 0 aromatic carbocycles. The lowest BCUT2D eigenvalue weighted by molar-refractivity contribution is -0.144. The van der Waals surface area contributed by atoms with E-state index >= 15 is 0 Å². The summed E-state index contributed by atoms with van der Waals surface area (Å²) in [5.74, 6) is -0.925. The van der Waals surface area contributed by atoms with Crippen molar-refractivity contribution in [2.75, 3.05) is 26.7 Å². The molecule has 2 N–H and O–H groups in total. The quantitative estimate of drug-likeness (QED) is 0.598. The number of aliphatic hydroxyl groups is 1. The number of aliphatic hydroxyl groups excluding tert-OH is 1. The van der Waals surface area contributed by atoms with Crippen LogP contribution in [0.3, 0.4) is 0 Å². The molecular weight excluding hydrogens is 158 g/mol. The van der Waals surface area contributed by atoms with E-state index in [-0.39, 0.29) is 18.4 Å². The molecule has 1 saturated heterocycles. The molecule has 0 saturated carbocycles. The van der Waals surface area contributed by atoms with Gasteiger partial charge < -0.3 is 15.1 Å². The molecule has 0 aliphatic carbocycles. The SMILES string of the molecule is CN1C[C@H](CO)C[C@@H](C(=O)O)C1. The van der Waals surface area contributed by atoms with E-state index in [0.29, 0.717) is 13.0 Å². The standard InChI is InChI=1S/C8H15NO3/c1-9-3-6(5-10)2-7(4-9)8(11)12/h6-7,10H,2-5H2,1H3,(H,11,12)/t6-,7-/m1/s1. The maximum atomic E-state index is 10.7. The summed E-state index contributed by atoms with van der Waals surface area (Å²) in [4.78, 5) is 12.6. The molecule has 4 heteroatoms. The molecule has 1 rings (SSSR count). The van der Waals surface area contributed by atoms with Crippen LogP contribution in [-0.4, -0.2) is 47.8 Å². The lowest BCUT2D eigenvalue weighted by Gasteiger charge is -2.32. The van der Waals surface area contributed by atoms with Crippen LogP contribution < -0.4 is 0 Å². The number of carboxylic acid groups (broad SMARTS) is 1. The van der Waals surface area contributed by atoms with Gasteiger partial charge >= 0.3 is 5.97 Å². The number of nitrogens with zero attached hydrogens (tertiary/aromatic N) is 1. The van der Waals surface area contributed by atoms with E-state index in [9.17, 15) is 4.79 Å². The highest BCUT2D eigenvalue weighted by atomic mass is 16.4. The van der Waals surface area contributed by atoms with Crippen LogP contribution in [0.1, 0.15) is 6.42 Å². The molecule has 0 aromatic heterocycles. The topological polar surface area (TPSA) is 60.8 Å². The van der Waals surface area contributed by atoms with Crippen LogP contribution in [0.15, 0.2) is 0 Å². The highest BCUT2D eigenvalue weighted by Crippen LogP contribution is 2.20. The van der Waals surface area contributed by atoms with E-state index in [0.717, 1.165) is 6.54 Å². The number of likely N-dealkylation sites (tertiary alicyclic amines) is 1. The fraction of sp³-hybridized carbons (Fsp3) is 0.875. The van der Waals surface area contributed by atoms with Gasteiger partial charge in [0.05, 0.1) is 5.92 Å². The van der Waals surface area contributed by atoms with Gasteiger partial charge in [-0.2, -0.15) is 0 Å². The fourth-order valence-corrected chi connectivity index (χ4v) is 1.75. The Labute approximate surface area is 71.8 Å². The number of carbonyl (C=O) groups is 1. The van der Waals surface area contributed by atoms with Crippen LogP contribution in [0.4, 0.5) is 0 Å². The van der Waals surface area contributed by atoms with Gasteiger partial charge in [0.15, 0.2) is 0 Å². The molecule has 0 spiro atoms. The van der Waals surface area contributed by atoms with Gasteiger partial charge in [0, 0.05) is 19.7 Å². The zero-order valence-electron chi connectivity index (χ0n) is 7.23. The van der Waals surface area contributed by atoms with Crippen LogP contribution in [0.25, 0.3) is 0 Å². The van der Waals surface area contributed by atoms with Crippen molar-refractivity contribution in [2.24, 2.45) is 11.8 Å². The molecule has 1 fully saturated rings. The molecule has 1 aliphatic rings. The second-order valence-electron chi connectivity index (χ2n) is 3.54. The van der Waals surface area contributed by atoms with Crippen molar-refractivity contribution in [3.8, 4) is 0 Å². The summed E-state index contributed by atoms with van der Waals surface area (Å²) >= 11 is 0. The first-order valence-electron chi connectivity index (χ1n) is 4.15. The monoisotopic (exact) mass is 173 g/mol. The van der Waals surface area contributed by atoms with Gasteiger partial charge in [-0.05, 0) is 19.4 Å². The van der Waals surface area contributed by atoms with Gasteiger partial charge in [0.25, 0.3) is 0 Å². The molecule has 0 aromatic rings. The largest absolute Gasteiger partial charge is 0.481 e. The molecule has 70 valence electrons. The number of carboxylic acids is 1. The van der Waals surface area contributed by atoms with Crippen LogP contribution in [0.2, 0.25) is 0 Å². The Kier molecular flexibility index (Phi) is 3.05. The first kappa shape index (κ1) is 9.48. The first-order chi connectivity index (χ1) is 5.63. The smallest absolute Gasteiger partial charge is 0.307 e. The zero-order valence-corrected chi connectivity index (χ0v) is 7.23. The molecule has 0 amide bonds. The van der Waals surface area contributed by atoms with Crippen LogP contribution >= 0.6 is 0 Å². The third kappa shape index (κ3) is 2.19. The highest BCUT2D eigenvalue weighted by Gasteiger charge is 2.29. The summed E-state index contributed by atoms with van der Waals surface area (Å²) in [6.45, 7) is 1.50. The summed E-state index contributed by atoms with van der Waals surface area (Å²) < 4.78 is 0. The van der Waals surface area contributed by atoms with Gasteiger partial charge in [0.1, 0.15) is 0 Å². The maximum absolute atomic E-state index is 10.7. The number of hydrogen-bond donors (Lipinski definition) is 2. The fourth-order valence-electron chi connectivity index (χ4n) is 1.75. The average Bonchev–Trinajstić information content (AvgIpc) is 2.03. The van der Waals surface area contributed by atoms with E-state index in [2.05, 4.69) is 0 Å². The van der Waals surface area contributed by atoms with E-state index in [1.165, 1.54) is 0 Å². The summed E-state index contributed by atoms with van der Waals surface area (Å²) in [5, 5.41) is 17.6. The van der Waals surface area contributed by atoms with Crippen LogP contribution in [0, 0.1) is 11.8 Å². The van der Waals surface area contributed by atoms with E-state index in [4.69, 9.17) is 10.2 Å². The Morgan fingerprint density at radius 3 is 2.75 bits per heavy atom. The molecule has 0 unspecified atom stereocenters. The molecule has 1 heterocycles. The summed E-state index contributed by atoms with van der Waals surface area (Å²) in [6, 6.07) is 0. The number of hydrogen-bond acceptors (Lipinski definition) is 3. The Bertz CT molecular complexity index is 172. The van der Waals surface area contributed by atoms with Crippen LogP contribution in [0.5, 0.6) is 0 Å². The lowest BCUT2D eigenvalue weighted by atomic mass is 9.90. The van der Waals surface area contributed by atoms with Crippen molar-refractivity contribution >= 4 is 5.97 Å². The van der Waals surface area contributed by atoms with Crippen molar-refractivity contribution in [1.82, 2.24) is 4.90 Å². The number of rotatable bonds is 2. The van der Waals surface area contributed by atoms with Crippen molar-refractivity contribution in [3.63, 3.8) is 0 Å². The second-order valence-corrected chi connectivity index (χ2v) is 3.54. The van der Waals surface area contributed by atoms with Gasteiger partial charge in [-0.1, -0.05) is 0 Å². The normalized spacial score (nSPS) is 31.8. The Hall–Kier alpha value is -0.610. The van der Waals surface area contributed by atoms with E-state index in [1.54, 1.807) is 0 Å². The highest BCUT2D eigenvalue weighted by molar-refractivity contribution is 5.70. The minimum atomic E-state index is -0.750. The van der Waals surface area contributed by atoms with E-state index < -0.39 is 5.97 Å². The summed E-state index contributed by atoms with van der Waals surface area (Å²) in [7, 11) is 1.89. The third-order valence-electron chi connectivity index (χ3n) is 2.33. The molecule has 1 aliphatic heterocycles. The first-order valence-corrected chi connectivity index (χ1v) is 4.15. The van der Waals surface area contributed by atoms with Gasteiger partial charge in [-0.3, -0.25) is 4.79 Å². The molecular formula is C8H15NO3. The average molecular weight is 173 g/mol. The molecule has 0 bridgehead atoms. The van der Waals surface area contributed by atoms with Gasteiger partial charge in [-0.25, -0.2) is 0 Å². The molecule has 12 heavy (non-hydrogen) atoms. The van der Waals surface area contributed by atoms with E-state index in [1.807, 2.05) is 11.9 Å². The predicted molar refractivity (Wildman–Crippen MR) is 43.8 cm³/mol. The minimum Gasteiger partial charge on any atom is -0.481 e. The van der Waals surface area contributed by atoms with Gasteiger partial charge in [0.2, 0.25) is 0 Å². The second kappa shape index (κ2) is 3.87. The Morgan fingerprint density at radius 1 is 1.58 bits per heavy atom. The Balaban J connectivity index is 2.51. The molecule has 0 radical (unpaired) electrons. The Morgan fingerprint density at radius 2 is 2.25 bits per heavy atom. The lowest BCUT2D eigenvalue weighted by Crippen LogP contribution is -2.42. The van der Waals surface area contributed by atoms with Gasteiger partial charge in [-0.15, -0.1) is 0 Å². The number of piperidine rings is 1. The van der Waals surface area contributed by atoms with Crippen molar-refractivity contribution in [2.45, 2.75) is 6.42 Å². The van der Waals surface area contributed by atoms with Crippen molar-refractivity contribution < 1.29 is 15.0 Å². The van der Waals surface area contributed by atoms with Crippen molar-refractivity contribution in [3.05, 3.63) is 0 Å². The minimum absolute atomic E-state index is 0.0914. The zero-order chi connectivity index (χ0) is 9.14. The number of aliphatic carboxylic acids is 1. The maximum Gasteiger partial charge on any atom is 0.307 e.